The third-order valence-electron chi connectivity index (χ3n) is 4.20. The molecule has 1 aliphatic carbocycles. The van der Waals surface area contributed by atoms with Gasteiger partial charge in [0.1, 0.15) is 0 Å². The number of rotatable bonds is 4. The van der Waals surface area contributed by atoms with Crippen molar-refractivity contribution in [2.45, 2.75) is 38.3 Å². The molecule has 1 heterocycles. The van der Waals surface area contributed by atoms with Gasteiger partial charge in [0.05, 0.1) is 6.54 Å². The quantitative estimate of drug-likeness (QED) is 0.677. The Morgan fingerprint density at radius 1 is 1.38 bits per heavy atom. The maximum absolute atomic E-state index is 11.7. The van der Waals surface area contributed by atoms with Crippen LogP contribution in [0.25, 0.3) is 0 Å². The van der Waals surface area contributed by atoms with Crippen molar-refractivity contribution in [3.8, 4) is 0 Å². The van der Waals surface area contributed by atoms with Gasteiger partial charge in [-0.15, -0.1) is 0 Å². The summed E-state index contributed by atoms with van der Waals surface area (Å²) in [5.74, 6) is 0.826. The zero-order valence-electron chi connectivity index (χ0n) is 12.5. The molecular formula is C16H22N4O. The highest BCUT2D eigenvalue weighted by Crippen LogP contribution is 2.25. The number of benzene rings is 1. The topological polar surface area (TPSA) is 61.9 Å². The van der Waals surface area contributed by atoms with Crippen LogP contribution in [0, 0.1) is 0 Å². The van der Waals surface area contributed by atoms with Crippen LogP contribution in [-0.4, -0.2) is 36.4 Å². The molecule has 1 saturated heterocycles. The van der Waals surface area contributed by atoms with Crippen LogP contribution in [0.5, 0.6) is 0 Å². The average Bonchev–Trinajstić information content (AvgIpc) is 3.26. The van der Waals surface area contributed by atoms with Gasteiger partial charge >= 0.3 is 0 Å². The molecule has 3 rings (SSSR count). The van der Waals surface area contributed by atoms with Gasteiger partial charge in [0.2, 0.25) is 5.91 Å². The van der Waals surface area contributed by atoms with E-state index in [1.54, 1.807) is 0 Å². The van der Waals surface area contributed by atoms with Crippen molar-refractivity contribution in [2.75, 3.05) is 18.5 Å². The summed E-state index contributed by atoms with van der Waals surface area (Å²) in [5, 5.41) is 0. The molecule has 5 heteroatoms. The molecule has 1 aliphatic heterocycles. The first-order valence-electron chi connectivity index (χ1n) is 7.57. The molecule has 0 unspecified atom stereocenters. The third kappa shape index (κ3) is 3.17. The molecule has 0 radical (unpaired) electrons. The molecule has 0 bridgehead atoms. The van der Waals surface area contributed by atoms with Crippen LogP contribution in [0.15, 0.2) is 29.3 Å². The lowest BCUT2D eigenvalue weighted by Crippen LogP contribution is -2.35. The van der Waals surface area contributed by atoms with Gasteiger partial charge in [0.15, 0.2) is 5.96 Å². The maximum atomic E-state index is 11.7. The predicted molar refractivity (Wildman–Crippen MR) is 84.1 cm³/mol. The second-order valence-electron chi connectivity index (χ2n) is 5.83. The zero-order valence-corrected chi connectivity index (χ0v) is 12.5. The SMILES string of the molecule is CN(C(N)=NCc1ccc(N2CCCC2=O)cc1)C1CC1. The van der Waals surface area contributed by atoms with Crippen molar-refractivity contribution in [1.29, 1.82) is 0 Å². The second-order valence-corrected chi connectivity index (χ2v) is 5.83. The van der Waals surface area contributed by atoms with Gasteiger partial charge in [-0.25, -0.2) is 4.99 Å². The van der Waals surface area contributed by atoms with Crippen molar-refractivity contribution in [3.05, 3.63) is 29.8 Å². The number of hydrogen-bond acceptors (Lipinski definition) is 2. The number of nitrogens with zero attached hydrogens (tertiary/aromatic N) is 3. The van der Waals surface area contributed by atoms with Crippen molar-refractivity contribution >= 4 is 17.6 Å². The second kappa shape index (κ2) is 5.76. The lowest BCUT2D eigenvalue weighted by atomic mass is 10.2. The van der Waals surface area contributed by atoms with E-state index >= 15 is 0 Å². The van der Waals surface area contributed by atoms with E-state index in [1.165, 1.54) is 12.8 Å². The van der Waals surface area contributed by atoms with E-state index < -0.39 is 0 Å². The van der Waals surface area contributed by atoms with Gasteiger partial charge in [-0.1, -0.05) is 12.1 Å². The van der Waals surface area contributed by atoms with Gasteiger partial charge in [-0.3, -0.25) is 4.79 Å². The van der Waals surface area contributed by atoms with E-state index in [4.69, 9.17) is 5.73 Å². The number of amides is 1. The number of anilines is 1. The Kier molecular flexibility index (Phi) is 3.82. The van der Waals surface area contributed by atoms with Gasteiger partial charge < -0.3 is 15.5 Å². The maximum Gasteiger partial charge on any atom is 0.227 e. The largest absolute Gasteiger partial charge is 0.370 e. The summed E-state index contributed by atoms with van der Waals surface area (Å²) >= 11 is 0. The molecule has 0 aromatic heterocycles. The summed E-state index contributed by atoms with van der Waals surface area (Å²) in [4.78, 5) is 20.0. The number of guanidine groups is 1. The molecule has 1 saturated carbocycles. The molecule has 2 fully saturated rings. The minimum atomic E-state index is 0.219. The predicted octanol–water partition coefficient (Wildman–Crippen LogP) is 1.72. The summed E-state index contributed by atoms with van der Waals surface area (Å²) in [7, 11) is 2.00. The highest BCUT2D eigenvalue weighted by Gasteiger charge is 2.27. The Labute approximate surface area is 125 Å². The van der Waals surface area contributed by atoms with E-state index in [2.05, 4.69) is 9.89 Å². The van der Waals surface area contributed by atoms with E-state index in [1.807, 2.05) is 36.2 Å². The minimum Gasteiger partial charge on any atom is -0.370 e. The number of aliphatic imine (C=N–C) groups is 1. The lowest BCUT2D eigenvalue weighted by Gasteiger charge is -2.17. The first-order chi connectivity index (χ1) is 10.1. The Balaban J connectivity index is 1.61. The van der Waals surface area contributed by atoms with Crippen molar-refractivity contribution < 1.29 is 4.79 Å². The molecule has 1 amide bonds. The highest BCUT2D eigenvalue weighted by atomic mass is 16.2. The first-order valence-corrected chi connectivity index (χ1v) is 7.57. The average molecular weight is 286 g/mol. The van der Waals surface area contributed by atoms with Gasteiger partial charge in [-0.05, 0) is 37.0 Å². The highest BCUT2D eigenvalue weighted by molar-refractivity contribution is 5.95. The van der Waals surface area contributed by atoms with Crippen LogP contribution in [0.2, 0.25) is 0 Å². The Hall–Kier alpha value is -2.04. The molecular weight excluding hydrogens is 264 g/mol. The number of carbonyl (C=O) groups is 1. The molecule has 5 nitrogen and oxygen atoms in total. The van der Waals surface area contributed by atoms with Gasteiger partial charge in [0.25, 0.3) is 0 Å². The van der Waals surface area contributed by atoms with Crippen molar-refractivity contribution in [3.63, 3.8) is 0 Å². The zero-order chi connectivity index (χ0) is 14.8. The van der Waals surface area contributed by atoms with Crippen molar-refractivity contribution in [1.82, 2.24) is 4.90 Å². The fraction of sp³-hybridized carbons (Fsp3) is 0.500. The Morgan fingerprint density at radius 3 is 2.67 bits per heavy atom. The minimum absolute atomic E-state index is 0.219. The molecule has 1 aromatic rings. The Morgan fingerprint density at radius 2 is 2.10 bits per heavy atom. The van der Waals surface area contributed by atoms with E-state index in [0.717, 1.165) is 24.2 Å². The van der Waals surface area contributed by atoms with E-state index in [-0.39, 0.29) is 5.91 Å². The normalized spacial score (nSPS) is 19.2. The van der Waals surface area contributed by atoms with Crippen LogP contribution in [0.4, 0.5) is 5.69 Å². The fourth-order valence-corrected chi connectivity index (χ4v) is 2.64. The van der Waals surface area contributed by atoms with Gasteiger partial charge in [0, 0.05) is 31.7 Å². The van der Waals surface area contributed by atoms with Crippen LogP contribution in [0.3, 0.4) is 0 Å². The standard InChI is InChI=1S/C16H22N4O/c1-19(13-8-9-13)16(17)18-11-12-4-6-14(7-5-12)20-10-2-3-15(20)21/h4-7,13H,2-3,8-11H2,1H3,(H2,17,18). The molecule has 112 valence electrons. The fourth-order valence-electron chi connectivity index (χ4n) is 2.64. The summed E-state index contributed by atoms with van der Waals surface area (Å²) in [5.41, 5.74) is 8.07. The van der Waals surface area contributed by atoms with Crippen LogP contribution in [-0.2, 0) is 11.3 Å². The summed E-state index contributed by atoms with van der Waals surface area (Å²) in [6.07, 6.45) is 4.04. The molecule has 2 aliphatic rings. The van der Waals surface area contributed by atoms with Gasteiger partial charge in [-0.2, -0.15) is 0 Å². The third-order valence-corrected chi connectivity index (χ3v) is 4.20. The van der Waals surface area contributed by atoms with Crippen LogP contribution >= 0.6 is 0 Å². The van der Waals surface area contributed by atoms with E-state index in [9.17, 15) is 4.79 Å². The van der Waals surface area contributed by atoms with Crippen molar-refractivity contribution in [2.24, 2.45) is 10.7 Å². The smallest absolute Gasteiger partial charge is 0.227 e. The summed E-state index contributed by atoms with van der Waals surface area (Å²) < 4.78 is 0. The molecule has 1 aromatic carbocycles. The summed E-state index contributed by atoms with van der Waals surface area (Å²) in [6.45, 7) is 1.41. The molecule has 2 N–H and O–H groups in total. The molecule has 0 spiro atoms. The number of nitrogens with two attached hydrogens (primary N) is 1. The lowest BCUT2D eigenvalue weighted by molar-refractivity contribution is -0.117. The van der Waals surface area contributed by atoms with E-state index in [0.29, 0.717) is 25.0 Å². The Bertz CT molecular complexity index is 548. The van der Waals surface area contributed by atoms with Crippen LogP contribution in [0.1, 0.15) is 31.2 Å². The number of hydrogen-bond donors (Lipinski definition) is 1. The number of carbonyl (C=O) groups excluding carboxylic acids is 1. The molecule has 21 heavy (non-hydrogen) atoms. The van der Waals surface area contributed by atoms with Crippen LogP contribution < -0.4 is 10.6 Å². The summed E-state index contributed by atoms with van der Waals surface area (Å²) in [6, 6.07) is 8.62. The molecule has 0 atom stereocenters. The monoisotopic (exact) mass is 286 g/mol. The first kappa shape index (κ1) is 13.9.